The molecule has 3 aromatic rings. The van der Waals surface area contributed by atoms with Gasteiger partial charge in [-0.1, -0.05) is 38.1 Å². The molecule has 3 aromatic carbocycles. The van der Waals surface area contributed by atoms with Crippen LogP contribution in [0, 0.1) is 12.8 Å². The second-order valence-electron chi connectivity index (χ2n) is 9.35. The first-order valence-electron chi connectivity index (χ1n) is 12.1. The first-order valence-corrected chi connectivity index (χ1v) is 12.1. The molecule has 4 rings (SSSR count). The molecule has 1 N–H and O–H groups in total. The lowest BCUT2D eigenvalue weighted by Gasteiger charge is -2.26. The number of ketones is 1. The normalized spacial score (nSPS) is 16.8. The summed E-state index contributed by atoms with van der Waals surface area (Å²) < 4.78 is 16.6. The van der Waals surface area contributed by atoms with Gasteiger partial charge in [0.2, 0.25) is 0 Å². The minimum atomic E-state index is -0.864. The number of anilines is 1. The predicted molar refractivity (Wildman–Crippen MR) is 142 cm³/mol. The highest BCUT2D eigenvalue weighted by molar-refractivity contribution is 6.51. The van der Waals surface area contributed by atoms with Crippen molar-refractivity contribution in [2.75, 3.05) is 25.7 Å². The molecule has 0 saturated carbocycles. The number of nitrogens with zero attached hydrogens (tertiary/aromatic N) is 1. The molecule has 1 amide bonds. The number of rotatable bonds is 8. The molecule has 0 aromatic heterocycles. The van der Waals surface area contributed by atoms with Crippen LogP contribution in [0.1, 0.15) is 36.6 Å². The number of carbonyl (C=O) groups is 2. The van der Waals surface area contributed by atoms with Crippen LogP contribution in [0.15, 0.2) is 72.3 Å². The highest BCUT2D eigenvalue weighted by Crippen LogP contribution is 2.44. The molecule has 1 saturated heterocycles. The summed E-state index contributed by atoms with van der Waals surface area (Å²) >= 11 is 0. The molecule has 192 valence electrons. The van der Waals surface area contributed by atoms with E-state index in [-0.39, 0.29) is 16.9 Å². The van der Waals surface area contributed by atoms with Gasteiger partial charge < -0.3 is 19.3 Å². The second kappa shape index (κ2) is 10.8. The van der Waals surface area contributed by atoms with Crippen LogP contribution >= 0.6 is 0 Å². The fourth-order valence-corrected chi connectivity index (χ4v) is 4.35. The lowest BCUT2D eigenvalue weighted by Crippen LogP contribution is -2.29. The number of ether oxygens (including phenoxy) is 3. The van der Waals surface area contributed by atoms with Crippen molar-refractivity contribution in [2.45, 2.75) is 26.8 Å². The fourth-order valence-electron chi connectivity index (χ4n) is 4.35. The van der Waals surface area contributed by atoms with Crippen molar-refractivity contribution in [3.63, 3.8) is 0 Å². The smallest absolute Gasteiger partial charge is 0.300 e. The third-order valence-electron chi connectivity index (χ3n) is 6.17. The summed E-state index contributed by atoms with van der Waals surface area (Å²) in [5, 5.41) is 11.5. The third-order valence-corrected chi connectivity index (χ3v) is 6.17. The van der Waals surface area contributed by atoms with E-state index >= 15 is 0 Å². The van der Waals surface area contributed by atoms with Gasteiger partial charge in [-0.2, -0.15) is 0 Å². The molecular weight excluding hydrogens is 470 g/mol. The van der Waals surface area contributed by atoms with Gasteiger partial charge in [-0.15, -0.1) is 0 Å². The number of hydrogen-bond acceptors (Lipinski definition) is 6. The molecule has 1 unspecified atom stereocenters. The summed E-state index contributed by atoms with van der Waals surface area (Å²) in [4.78, 5) is 28.3. The molecule has 0 radical (unpaired) electrons. The van der Waals surface area contributed by atoms with E-state index in [9.17, 15) is 14.7 Å². The van der Waals surface area contributed by atoms with Gasteiger partial charge in [0.15, 0.2) is 0 Å². The van der Waals surface area contributed by atoms with Crippen LogP contribution in [0.25, 0.3) is 5.76 Å². The Labute approximate surface area is 216 Å². The number of aliphatic hydroxyl groups excluding tert-OH is 1. The maximum atomic E-state index is 13.5. The summed E-state index contributed by atoms with van der Waals surface area (Å²) in [6.07, 6.45) is 0. The fraction of sp³-hybridized carbons (Fsp3) is 0.267. The molecule has 1 atom stereocenters. The van der Waals surface area contributed by atoms with Gasteiger partial charge in [-0.25, -0.2) is 0 Å². The van der Waals surface area contributed by atoms with E-state index in [2.05, 4.69) is 13.8 Å². The zero-order valence-corrected chi connectivity index (χ0v) is 21.6. The molecule has 1 aliphatic heterocycles. The van der Waals surface area contributed by atoms with Crippen LogP contribution in [-0.2, 0) is 9.59 Å². The van der Waals surface area contributed by atoms with Crippen LogP contribution in [0.4, 0.5) is 5.69 Å². The summed E-state index contributed by atoms with van der Waals surface area (Å²) in [7, 11) is 2.97. The monoisotopic (exact) mass is 501 g/mol. The summed E-state index contributed by atoms with van der Waals surface area (Å²) in [6.45, 7) is 6.61. The van der Waals surface area contributed by atoms with Crippen LogP contribution in [0.3, 0.4) is 0 Å². The summed E-state index contributed by atoms with van der Waals surface area (Å²) in [6, 6.07) is 18.6. The van der Waals surface area contributed by atoms with E-state index < -0.39 is 17.7 Å². The summed E-state index contributed by atoms with van der Waals surface area (Å²) in [5.74, 6) is 0.0163. The van der Waals surface area contributed by atoms with Crippen molar-refractivity contribution in [2.24, 2.45) is 5.92 Å². The molecule has 1 fully saturated rings. The van der Waals surface area contributed by atoms with Crippen molar-refractivity contribution in [1.82, 2.24) is 0 Å². The Morgan fingerprint density at radius 3 is 2.27 bits per heavy atom. The molecule has 7 nitrogen and oxygen atoms in total. The Morgan fingerprint density at radius 1 is 0.946 bits per heavy atom. The van der Waals surface area contributed by atoms with Crippen LogP contribution in [0.2, 0.25) is 0 Å². The second-order valence-corrected chi connectivity index (χ2v) is 9.35. The van der Waals surface area contributed by atoms with Crippen molar-refractivity contribution in [1.29, 1.82) is 0 Å². The average molecular weight is 502 g/mol. The quantitative estimate of drug-likeness (QED) is 0.243. The lowest BCUT2D eigenvalue weighted by molar-refractivity contribution is -0.132. The number of carbonyl (C=O) groups excluding carboxylic acids is 2. The number of aryl methyl sites for hydroxylation is 1. The number of aliphatic hydroxyl groups is 1. The maximum Gasteiger partial charge on any atom is 0.300 e. The maximum absolute atomic E-state index is 13.5. The highest BCUT2D eigenvalue weighted by Gasteiger charge is 2.47. The molecule has 1 heterocycles. The van der Waals surface area contributed by atoms with Gasteiger partial charge in [-0.05, 0) is 66.4 Å². The van der Waals surface area contributed by atoms with E-state index in [0.29, 0.717) is 41.0 Å². The number of benzene rings is 3. The van der Waals surface area contributed by atoms with Gasteiger partial charge in [0, 0.05) is 5.69 Å². The third kappa shape index (κ3) is 5.16. The topological polar surface area (TPSA) is 85.3 Å². The van der Waals surface area contributed by atoms with Crippen LogP contribution in [-0.4, -0.2) is 37.6 Å². The predicted octanol–water partition coefficient (Wildman–Crippen LogP) is 5.67. The van der Waals surface area contributed by atoms with Gasteiger partial charge >= 0.3 is 0 Å². The van der Waals surface area contributed by atoms with E-state index in [1.54, 1.807) is 36.4 Å². The van der Waals surface area contributed by atoms with Gasteiger partial charge in [0.05, 0.1) is 38.0 Å². The minimum absolute atomic E-state index is 0.0334. The Bertz CT molecular complexity index is 1340. The minimum Gasteiger partial charge on any atom is -0.507 e. The van der Waals surface area contributed by atoms with Crippen LogP contribution in [0.5, 0.6) is 17.2 Å². The Morgan fingerprint density at radius 2 is 1.65 bits per heavy atom. The summed E-state index contributed by atoms with van der Waals surface area (Å²) in [5.41, 5.74) is 2.37. The SMILES string of the molecule is COc1ccc(OC)c(/C(O)=C2\C(=O)C(=O)N(c3cccc(C)c3)C2c2ccc(OCC(C)C)cc2)c1. The van der Waals surface area contributed by atoms with E-state index in [4.69, 9.17) is 14.2 Å². The molecule has 0 bridgehead atoms. The molecule has 0 aliphatic carbocycles. The van der Waals surface area contributed by atoms with Crippen molar-refractivity contribution in [3.8, 4) is 17.2 Å². The Kier molecular flexibility index (Phi) is 7.53. The van der Waals surface area contributed by atoms with E-state index in [0.717, 1.165) is 5.56 Å². The zero-order valence-electron chi connectivity index (χ0n) is 21.6. The largest absolute Gasteiger partial charge is 0.507 e. The van der Waals surface area contributed by atoms with Gasteiger partial charge in [-0.3, -0.25) is 14.5 Å². The first kappa shape index (κ1) is 25.8. The Hall–Kier alpha value is -4.26. The Balaban J connectivity index is 1.90. The van der Waals surface area contributed by atoms with Crippen LogP contribution < -0.4 is 19.1 Å². The van der Waals surface area contributed by atoms with E-state index in [1.807, 2.05) is 37.3 Å². The zero-order chi connectivity index (χ0) is 26.7. The molecule has 0 spiro atoms. The van der Waals surface area contributed by atoms with Crippen molar-refractivity contribution in [3.05, 3.63) is 89.0 Å². The van der Waals surface area contributed by atoms with E-state index in [1.165, 1.54) is 19.1 Å². The first-order chi connectivity index (χ1) is 17.7. The van der Waals surface area contributed by atoms with Gasteiger partial charge in [0.25, 0.3) is 11.7 Å². The molecule has 7 heteroatoms. The van der Waals surface area contributed by atoms with Crippen molar-refractivity contribution >= 4 is 23.1 Å². The van der Waals surface area contributed by atoms with Crippen molar-refractivity contribution < 1.29 is 28.9 Å². The lowest BCUT2D eigenvalue weighted by atomic mass is 9.94. The number of amides is 1. The molecule has 1 aliphatic rings. The van der Waals surface area contributed by atoms with Gasteiger partial charge in [0.1, 0.15) is 23.0 Å². The standard InChI is InChI=1S/C30H31NO6/c1-18(2)17-37-22-11-9-20(10-12-22)27-26(28(32)24-16-23(35-4)13-14-25(24)36-5)29(33)30(34)31(27)21-8-6-7-19(3)15-21/h6-16,18,27,32H,17H2,1-5H3/b28-26+. The highest BCUT2D eigenvalue weighted by atomic mass is 16.5. The molecule has 37 heavy (non-hydrogen) atoms. The number of hydrogen-bond donors (Lipinski definition) is 1. The molecular formula is C30H31NO6. The average Bonchev–Trinajstić information content (AvgIpc) is 3.17. The number of Topliss-reactive ketones (excluding diaryl/α,β-unsaturated/α-hetero) is 1. The number of methoxy groups -OCH3 is 2.